The zero-order chi connectivity index (χ0) is 14.5. The van der Waals surface area contributed by atoms with E-state index in [2.05, 4.69) is 32.0 Å². The quantitative estimate of drug-likeness (QED) is 0.879. The van der Waals surface area contributed by atoms with E-state index in [1.807, 2.05) is 0 Å². The van der Waals surface area contributed by atoms with Crippen molar-refractivity contribution in [3.05, 3.63) is 29.3 Å². The summed E-state index contributed by atoms with van der Waals surface area (Å²) in [6.07, 6.45) is 4.45. The molecule has 0 saturated heterocycles. The lowest BCUT2D eigenvalue weighted by Gasteiger charge is -2.28. The van der Waals surface area contributed by atoms with E-state index in [9.17, 15) is 4.79 Å². The molecule has 1 saturated carbocycles. The van der Waals surface area contributed by atoms with Crippen molar-refractivity contribution in [1.82, 2.24) is 0 Å². The van der Waals surface area contributed by atoms with Crippen molar-refractivity contribution in [3.63, 3.8) is 0 Å². The van der Waals surface area contributed by atoms with E-state index in [4.69, 9.17) is 9.84 Å². The van der Waals surface area contributed by atoms with Gasteiger partial charge in [0.05, 0.1) is 12.5 Å². The molecule has 0 amide bonds. The van der Waals surface area contributed by atoms with Gasteiger partial charge in [0.2, 0.25) is 0 Å². The van der Waals surface area contributed by atoms with Crippen molar-refractivity contribution in [2.75, 3.05) is 6.61 Å². The second-order valence-electron chi connectivity index (χ2n) is 5.78. The molecule has 0 aliphatic heterocycles. The fraction of sp³-hybridized carbons (Fsp3) is 0.588. The van der Waals surface area contributed by atoms with Crippen LogP contribution in [0.25, 0.3) is 0 Å². The van der Waals surface area contributed by atoms with Crippen LogP contribution in [0.5, 0.6) is 5.75 Å². The number of benzene rings is 1. The first kappa shape index (κ1) is 14.9. The molecule has 3 heteroatoms. The van der Waals surface area contributed by atoms with Crippen LogP contribution in [0.3, 0.4) is 0 Å². The van der Waals surface area contributed by atoms with Gasteiger partial charge in [0, 0.05) is 0 Å². The van der Waals surface area contributed by atoms with Crippen LogP contribution in [-0.4, -0.2) is 17.7 Å². The molecule has 0 atom stereocenters. The molecule has 2 rings (SSSR count). The second kappa shape index (κ2) is 6.78. The zero-order valence-electron chi connectivity index (χ0n) is 12.4. The minimum atomic E-state index is -0.643. The average molecular weight is 276 g/mol. The summed E-state index contributed by atoms with van der Waals surface area (Å²) in [7, 11) is 0. The predicted octanol–water partition coefficient (Wildman–Crippen LogP) is 4.14. The predicted molar refractivity (Wildman–Crippen MR) is 79.3 cm³/mol. The van der Waals surface area contributed by atoms with Crippen LogP contribution in [0.1, 0.15) is 56.1 Å². The molecule has 3 nitrogen and oxygen atoms in total. The Bertz CT molecular complexity index is 459. The lowest BCUT2D eigenvalue weighted by molar-refractivity contribution is -0.142. The van der Waals surface area contributed by atoms with Gasteiger partial charge >= 0.3 is 5.97 Å². The van der Waals surface area contributed by atoms with Crippen molar-refractivity contribution in [3.8, 4) is 5.75 Å². The molecule has 1 fully saturated rings. The maximum Gasteiger partial charge on any atom is 0.306 e. The van der Waals surface area contributed by atoms with Crippen LogP contribution in [0.4, 0.5) is 0 Å². The molecule has 1 aromatic carbocycles. The summed E-state index contributed by atoms with van der Waals surface area (Å²) in [5.74, 6) is 0.625. The lowest BCUT2D eigenvalue weighted by Crippen LogP contribution is -2.21. The normalized spacial score (nSPS) is 22.5. The molecular formula is C17H24O3. The standard InChI is InChI=1S/C17H24O3/c1-3-10-20-16-9-4-12(2)11-15(16)13-5-7-14(8-6-13)17(18)19/h4,9,11,13-14H,3,5-8,10H2,1-2H3,(H,18,19). The minimum Gasteiger partial charge on any atom is -0.493 e. The first-order valence-corrected chi connectivity index (χ1v) is 7.58. The summed E-state index contributed by atoms with van der Waals surface area (Å²) < 4.78 is 5.85. The summed E-state index contributed by atoms with van der Waals surface area (Å²) in [5, 5.41) is 9.09. The van der Waals surface area contributed by atoms with Gasteiger partial charge in [-0.15, -0.1) is 0 Å². The molecule has 1 aliphatic carbocycles. The molecule has 20 heavy (non-hydrogen) atoms. The molecular weight excluding hydrogens is 252 g/mol. The Labute approximate surface area is 121 Å². The van der Waals surface area contributed by atoms with Crippen LogP contribution in [0.15, 0.2) is 18.2 Å². The van der Waals surface area contributed by atoms with Crippen molar-refractivity contribution in [2.45, 2.75) is 51.9 Å². The summed E-state index contributed by atoms with van der Waals surface area (Å²) in [6.45, 7) is 4.93. The largest absolute Gasteiger partial charge is 0.493 e. The van der Waals surface area contributed by atoms with Gasteiger partial charge in [0.25, 0.3) is 0 Å². The molecule has 1 N–H and O–H groups in total. The van der Waals surface area contributed by atoms with Crippen LogP contribution >= 0.6 is 0 Å². The number of rotatable bonds is 5. The van der Waals surface area contributed by atoms with Gasteiger partial charge in [0.1, 0.15) is 5.75 Å². The third-order valence-electron chi connectivity index (χ3n) is 4.14. The lowest BCUT2D eigenvalue weighted by atomic mass is 9.78. The van der Waals surface area contributed by atoms with Gasteiger partial charge in [-0.1, -0.05) is 24.6 Å². The number of carbonyl (C=O) groups is 1. The number of hydrogen-bond donors (Lipinski definition) is 1. The monoisotopic (exact) mass is 276 g/mol. The topological polar surface area (TPSA) is 46.5 Å². The van der Waals surface area contributed by atoms with Gasteiger partial charge in [-0.25, -0.2) is 0 Å². The SMILES string of the molecule is CCCOc1ccc(C)cc1C1CCC(C(=O)O)CC1. The van der Waals surface area contributed by atoms with Crippen molar-refractivity contribution < 1.29 is 14.6 Å². The van der Waals surface area contributed by atoms with Crippen LogP contribution < -0.4 is 4.74 Å². The molecule has 0 unspecified atom stereocenters. The van der Waals surface area contributed by atoms with Gasteiger partial charge < -0.3 is 9.84 Å². The molecule has 0 bridgehead atoms. The highest BCUT2D eigenvalue weighted by Crippen LogP contribution is 2.40. The molecule has 0 radical (unpaired) electrons. The smallest absolute Gasteiger partial charge is 0.306 e. The summed E-state index contributed by atoms with van der Waals surface area (Å²) in [5.41, 5.74) is 2.51. The van der Waals surface area contributed by atoms with Gasteiger partial charge in [-0.2, -0.15) is 0 Å². The van der Waals surface area contributed by atoms with Gasteiger partial charge in [0.15, 0.2) is 0 Å². The Morgan fingerprint density at radius 2 is 2.00 bits per heavy atom. The number of hydrogen-bond acceptors (Lipinski definition) is 2. The zero-order valence-corrected chi connectivity index (χ0v) is 12.4. The summed E-state index contributed by atoms with van der Waals surface area (Å²) >= 11 is 0. The van der Waals surface area contributed by atoms with Crippen LogP contribution in [0.2, 0.25) is 0 Å². The first-order chi connectivity index (χ1) is 9.61. The first-order valence-electron chi connectivity index (χ1n) is 7.58. The number of carboxylic acid groups (broad SMARTS) is 1. The minimum absolute atomic E-state index is 0.156. The van der Waals surface area contributed by atoms with E-state index in [0.717, 1.165) is 44.5 Å². The van der Waals surface area contributed by atoms with Crippen molar-refractivity contribution in [2.24, 2.45) is 5.92 Å². The van der Waals surface area contributed by atoms with E-state index >= 15 is 0 Å². The Morgan fingerprint density at radius 3 is 2.60 bits per heavy atom. The van der Waals surface area contributed by atoms with Crippen LogP contribution in [-0.2, 0) is 4.79 Å². The molecule has 0 aromatic heterocycles. The highest BCUT2D eigenvalue weighted by Gasteiger charge is 2.28. The number of aliphatic carboxylic acids is 1. The molecule has 1 aliphatic rings. The highest BCUT2D eigenvalue weighted by molar-refractivity contribution is 5.70. The number of carboxylic acids is 1. The second-order valence-corrected chi connectivity index (χ2v) is 5.78. The van der Waals surface area contributed by atoms with Crippen LogP contribution in [0, 0.1) is 12.8 Å². The highest BCUT2D eigenvalue weighted by atomic mass is 16.5. The number of ether oxygens (including phenoxy) is 1. The molecule has 0 spiro atoms. The third-order valence-corrected chi connectivity index (χ3v) is 4.14. The number of aryl methyl sites for hydroxylation is 1. The van der Waals surface area contributed by atoms with E-state index in [1.54, 1.807) is 0 Å². The van der Waals surface area contributed by atoms with E-state index in [1.165, 1.54) is 11.1 Å². The van der Waals surface area contributed by atoms with E-state index in [0.29, 0.717) is 5.92 Å². The third kappa shape index (κ3) is 3.53. The fourth-order valence-corrected chi connectivity index (χ4v) is 2.98. The Kier molecular flexibility index (Phi) is 5.05. The average Bonchev–Trinajstić information content (AvgIpc) is 2.46. The molecule has 110 valence electrons. The molecule has 1 aromatic rings. The maximum absolute atomic E-state index is 11.0. The summed E-state index contributed by atoms with van der Waals surface area (Å²) in [4.78, 5) is 11.0. The van der Waals surface area contributed by atoms with E-state index < -0.39 is 5.97 Å². The Morgan fingerprint density at radius 1 is 1.30 bits per heavy atom. The Balaban J connectivity index is 2.11. The summed E-state index contributed by atoms with van der Waals surface area (Å²) in [6, 6.07) is 6.34. The Hall–Kier alpha value is -1.51. The van der Waals surface area contributed by atoms with Crippen molar-refractivity contribution >= 4 is 5.97 Å². The molecule has 0 heterocycles. The van der Waals surface area contributed by atoms with Gasteiger partial charge in [-0.3, -0.25) is 4.79 Å². The fourth-order valence-electron chi connectivity index (χ4n) is 2.98. The van der Waals surface area contributed by atoms with Crippen molar-refractivity contribution in [1.29, 1.82) is 0 Å². The van der Waals surface area contributed by atoms with Gasteiger partial charge in [-0.05, 0) is 56.6 Å². The van der Waals surface area contributed by atoms with E-state index in [-0.39, 0.29) is 5.92 Å². The maximum atomic E-state index is 11.0.